The average molecular weight is 170 g/mol. The predicted octanol–water partition coefficient (Wildman–Crippen LogP) is 2.48. The molecule has 0 unspecified atom stereocenters. The van der Waals surface area contributed by atoms with E-state index >= 15 is 0 Å². The Morgan fingerprint density at radius 2 is 2.25 bits per heavy atom. The molecule has 68 valence electrons. The summed E-state index contributed by atoms with van der Waals surface area (Å²) in [5.74, 6) is -0.163. The van der Waals surface area contributed by atoms with Gasteiger partial charge in [-0.25, -0.2) is 4.79 Å². The van der Waals surface area contributed by atoms with E-state index in [1.807, 2.05) is 0 Å². The fourth-order valence-corrected chi connectivity index (χ4v) is 0.667. The summed E-state index contributed by atoms with van der Waals surface area (Å²) in [7, 11) is 0. The molecule has 0 fully saturated rings. The van der Waals surface area contributed by atoms with Crippen molar-refractivity contribution in [1.82, 2.24) is 0 Å². The first kappa shape index (κ1) is 10.8. The van der Waals surface area contributed by atoms with Crippen molar-refractivity contribution < 1.29 is 13.9 Å². The van der Waals surface area contributed by atoms with E-state index in [1.54, 1.807) is 26.0 Å². The molecule has 3 nitrogen and oxygen atoms in total. The molecule has 1 rings (SSSR count). The van der Waals surface area contributed by atoms with Crippen LogP contribution in [0.15, 0.2) is 22.8 Å². The standard InChI is InChI=1S/C8H10O3.CH4/c1-6(2)11-8(9)7-4-3-5-10-7;/h3-6H,1-2H3;1H4. The van der Waals surface area contributed by atoms with E-state index in [2.05, 4.69) is 0 Å². The van der Waals surface area contributed by atoms with E-state index < -0.39 is 5.97 Å². The smallest absolute Gasteiger partial charge is 0.374 e. The first-order chi connectivity index (χ1) is 5.20. The Kier molecular flexibility index (Phi) is 4.11. The van der Waals surface area contributed by atoms with Gasteiger partial charge in [0.25, 0.3) is 0 Å². The fraction of sp³-hybridized carbons (Fsp3) is 0.444. The Morgan fingerprint density at radius 1 is 1.58 bits per heavy atom. The number of carbonyl (C=O) groups excluding carboxylic acids is 1. The molecule has 0 N–H and O–H groups in total. The lowest BCUT2D eigenvalue weighted by molar-refractivity contribution is 0.0341. The number of carbonyl (C=O) groups is 1. The highest BCUT2D eigenvalue weighted by Gasteiger charge is 2.10. The molecule has 1 aromatic heterocycles. The largest absolute Gasteiger partial charge is 0.457 e. The van der Waals surface area contributed by atoms with Gasteiger partial charge in [-0.3, -0.25) is 0 Å². The summed E-state index contributed by atoms with van der Waals surface area (Å²) in [5.41, 5.74) is 0. The molecule has 0 bridgehead atoms. The zero-order valence-electron chi connectivity index (χ0n) is 6.53. The van der Waals surface area contributed by atoms with E-state index in [9.17, 15) is 4.79 Å². The minimum absolute atomic E-state index is 0. The molecule has 1 aromatic rings. The van der Waals surface area contributed by atoms with Gasteiger partial charge in [-0.2, -0.15) is 0 Å². The second kappa shape index (κ2) is 4.59. The minimum atomic E-state index is -0.412. The monoisotopic (exact) mass is 170 g/mol. The highest BCUT2D eigenvalue weighted by molar-refractivity contribution is 5.86. The van der Waals surface area contributed by atoms with Gasteiger partial charge in [0.2, 0.25) is 5.76 Å². The minimum Gasteiger partial charge on any atom is -0.457 e. The van der Waals surface area contributed by atoms with E-state index in [0.29, 0.717) is 0 Å². The summed E-state index contributed by atoms with van der Waals surface area (Å²) in [6.45, 7) is 3.58. The van der Waals surface area contributed by atoms with Crippen LogP contribution in [-0.4, -0.2) is 12.1 Å². The molecule has 0 saturated carbocycles. The molecule has 3 heteroatoms. The van der Waals surface area contributed by atoms with Gasteiger partial charge in [-0.05, 0) is 26.0 Å². The zero-order valence-corrected chi connectivity index (χ0v) is 6.53. The van der Waals surface area contributed by atoms with Crippen LogP contribution in [0.1, 0.15) is 31.8 Å². The van der Waals surface area contributed by atoms with E-state index in [-0.39, 0.29) is 19.3 Å². The molecule has 0 aliphatic carbocycles. The van der Waals surface area contributed by atoms with Crippen LogP contribution in [0.2, 0.25) is 0 Å². The number of furan rings is 1. The topological polar surface area (TPSA) is 39.4 Å². The molecule has 0 radical (unpaired) electrons. The third-order valence-corrected chi connectivity index (χ3v) is 1.07. The van der Waals surface area contributed by atoms with Gasteiger partial charge >= 0.3 is 5.97 Å². The molecule has 12 heavy (non-hydrogen) atoms. The lowest BCUT2D eigenvalue weighted by Crippen LogP contribution is -2.10. The third-order valence-electron chi connectivity index (χ3n) is 1.07. The van der Waals surface area contributed by atoms with E-state index in [0.717, 1.165) is 0 Å². The van der Waals surface area contributed by atoms with Gasteiger partial charge in [0.05, 0.1) is 12.4 Å². The van der Waals surface area contributed by atoms with E-state index in [1.165, 1.54) is 6.26 Å². The first-order valence-electron chi connectivity index (χ1n) is 3.44. The van der Waals surface area contributed by atoms with Crippen LogP contribution >= 0.6 is 0 Å². The van der Waals surface area contributed by atoms with Crippen LogP contribution in [0.3, 0.4) is 0 Å². The second-order valence-electron chi connectivity index (χ2n) is 2.43. The van der Waals surface area contributed by atoms with Crippen LogP contribution < -0.4 is 0 Å². The van der Waals surface area contributed by atoms with Crippen molar-refractivity contribution in [3.63, 3.8) is 0 Å². The van der Waals surface area contributed by atoms with Crippen LogP contribution in [0.5, 0.6) is 0 Å². The number of rotatable bonds is 2. The van der Waals surface area contributed by atoms with Crippen molar-refractivity contribution in [2.45, 2.75) is 27.4 Å². The molecule has 0 spiro atoms. The highest BCUT2D eigenvalue weighted by atomic mass is 16.6. The molecule has 0 saturated heterocycles. The normalized spacial score (nSPS) is 9.25. The van der Waals surface area contributed by atoms with Crippen LogP contribution in [0, 0.1) is 0 Å². The van der Waals surface area contributed by atoms with Crippen molar-refractivity contribution in [2.24, 2.45) is 0 Å². The predicted molar refractivity (Wildman–Crippen MR) is 46.0 cm³/mol. The Hall–Kier alpha value is -1.25. The third kappa shape index (κ3) is 2.78. The number of hydrogen-bond donors (Lipinski definition) is 0. The Bertz CT molecular complexity index is 224. The molecule has 0 atom stereocenters. The van der Waals surface area contributed by atoms with Gasteiger partial charge in [0.1, 0.15) is 0 Å². The van der Waals surface area contributed by atoms with E-state index in [4.69, 9.17) is 9.15 Å². The van der Waals surface area contributed by atoms with Crippen molar-refractivity contribution in [3.8, 4) is 0 Å². The zero-order chi connectivity index (χ0) is 8.27. The SMILES string of the molecule is C.CC(C)OC(=O)c1ccco1. The number of hydrogen-bond acceptors (Lipinski definition) is 3. The molecule has 1 heterocycles. The highest BCUT2D eigenvalue weighted by Crippen LogP contribution is 2.03. The first-order valence-corrected chi connectivity index (χ1v) is 3.44. The van der Waals surface area contributed by atoms with Crippen molar-refractivity contribution in [1.29, 1.82) is 0 Å². The quantitative estimate of drug-likeness (QED) is 0.640. The fourth-order valence-electron chi connectivity index (χ4n) is 0.667. The lowest BCUT2D eigenvalue weighted by atomic mass is 10.4. The summed E-state index contributed by atoms with van der Waals surface area (Å²) in [6.07, 6.45) is 1.34. The maximum Gasteiger partial charge on any atom is 0.374 e. The number of ether oxygens (including phenoxy) is 1. The van der Waals surface area contributed by atoms with Crippen LogP contribution in [-0.2, 0) is 4.74 Å². The second-order valence-corrected chi connectivity index (χ2v) is 2.43. The van der Waals surface area contributed by atoms with Crippen LogP contribution in [0.25, 0.3) is 0 Å². The maximum atomic E-state index is 11.0. The summed E-state index contributed by atoms with van der Waals surface area (Å²) in [5, 5.41) is 0. The summed E-state index contributed by atoms with van der Waals surface area (Å²) in [4.78, 5) is 11.0. The Morgan fingerprint density at radius 3 is 2.67 bits per heavy atom. The average Bonchev–Trinajstić information content (AvgIpc) is 2.35. The van der Waals surface area contributed by atoms with Gasteiger partial charge in [0.15, 0.2) is 0 Å². The lowest BCUT2D eigenvalue weighted by Gasteiger charge is -2.04. The molecule has 0 aromatic carbocycles. The van der Waals surface area contributed by atoms with Gasteiger partial charge < -0.3 is 9.15 Å². The maximum absolute atomic E-state index is 11.0. The van der Waals surface area contributed by atoms with Gasteiger partial charge in [0, 0.05) is 0 Å². The summed E-state index contributed by atoms with van der Waals surface area (Å²) < 4.78 is 9.68. The Balaban J connectivity index is 0.00000121. The summed E-state index contributed by atoms with van der Waals surface area (Å²) >= 11 is 0. The summed E-state index contributed by atoms with van der Waals surface area (Å²) in [6, 6.07) is 3.22. The van der Waals surface area contributed by atoms with Crippen molar-refractivity contribution in [2.75, 3.05) is 0 Å². The number of esters is 1. The van der Waals surface area contributed by atoms with Crippen molar-refractivity contribution >= 4 is 5.97 Å². The van der Waals surface area contributed by atoms with Gasteiger partial charge in [-0.15, -0.1) is 0 Å². The molecule has 0 amide bonds. The van der Waals surface area contributed by atoms with Crippen molar-refractivity contribution in [3.05, 3.63) is 24.2 Å². The molecule has 0 aliphatic heterocycles. The molecular formula is C9H14O3. The van der Waals surface area contributed by atoms with Gasteiger partial charge in [-0.1, -0.05) is 7.43 Å². The Labute approximate surface area is 72.3 Å². The molecule has 0 aliphatic rings. The molecular weight excluding hydrogens is 156 g/mol. The van der Waals surface area contributed by atoms with Crippen LogP contribution in [0.4, 0.5) is 0 Å².